The van der Waals surface area contributed by atoms with Crippen LogP contribution >= 0.6 is 11.3 Å². The molecule has 1 aromatic heterocycles. The molecular weight excluding hydrogens is 725 g/mol. The molecular formula is C42H45F2N5O5S. The number of carbonyl (C=O) groups is 4. The van der Waals surface area contributed by atoms with Crippen molar-refractivity contribution in [3.63, 3.8) is 0 Å². The average molecular weight is 770 g/mol. The Kier molecular flexibility index (Phi) is 11.4. The standard InChI is InChI=1S/C42H45F2N5O5S/c1-47(2)24-37(50)49-30-15-16-31(49)23-48(22-30)21-26-6-5-7-28(18-26)39(51)46-41-38(33-8-3-4-9-36(33)55-41)40(52)45-29-19-34(43)32(35(44)20-29)17-12-25-10-13-27(14-11-25)42(53)54/h5-7,10-11,13-14,18-20,30-31H,3-4,8-9,12,15-17,21-24H2,1-2H3,(H,45,52)(H,46,51)(H,53,54). The van der Waals surface area contributed by atoms with E-state index in [4.69, 9.17) is 5.11 Å². The molecule has 2 fully saturated rings. The van der Waals surface area contributed by atoms with Crippen molar-refractivity contribution in [2.24, 2.45) is 0 Å². The average Bonchev–Trinajstić information content (AvgIpc) is 3.64. The van der Waals surface area contributed by atoms with Crippen LogP contribution < -0.4 is 10.6 Å². The molecule has 2 bridgehead atoms. The first-order valence-electron chi connectivity index (χ1n) is 18.8. The number of halogens is 2. The summed E-state index contributed by atoms with van der Waals surface area (Å²) >= 11 is 1.37. The maximum absolute atomic E-state index is 15.3. The summed E-state index contributed by atoms with van der Waals surface area (Å²) in [5, 5.41) is 15.2. The Balaban J connectivity index is 1.02. The van der Waals surface area contributed by atoms with Gasteiger partial charge in [-0.3, -0.25) is 19.3 Å². The summed E-state index contributed by atoms with van der Waals surface area (Å²) in [7, 11) is 3.81. The number of aromatic carboxylic acids is 1. The summed E-state index contributed by atoms with van der Waals surface area (Å²) in [6, 6.07) is 16.2. The summed E-state index contributed by atoms with van der Waals surface area (Å²) in [4.78, 5) is 59.0. The minimum absolute atomic E-state index is 0.0355. The van der Waals surface area contributed by atoms with Crippen LogP contribution in [0, 0.1) is 11.6 Å². The minimum atomic E-state index is -1.05. The van der Waals surface area contributed by atoms with Gasteiger partial charge in [0.1, 0.15) is 16.6 Å². The van der Waals surface area contributed by atoms with Gasteiger partial charge in [-0.15, -0.1) is 11.3 Å². The van der Waals surface area contributed by atoms with Gasteiger partial charge in [0.05, 0.1) is 17.7 Å². The van der Waals surface area contributed by atoms with E-state index in [2.05, 4.69) is 20.4 Å². The zero-order valence-electron chi connectivity index (χ0n) is 31.0. The monoisotopic (exact) mass is 769 g/mol. The zero-order chi connectivity index (χ0) is 38.8. The van der Waals surface area contributed by atoms with Gasteiger partial charge in [-0.2, -0.15) is 0 Å². The molecule has 3 aliphatic rings. The molecule has 2 saturated heterocycles. The molecule has 7 rings (SSSR count). The van der Waals surface area contributed by atoms with E-state index in [0.717, 1.165) is 78.9 Å². The van der Waals surface area contributed by atoms with E-state index >= 15 is 8.78 Å². The Morgan fingerprint density at radius 1 is 0.836 bits per heavy atom. The lowest BCUT2D eigenvalue weighted by atomic mass is 9.95. The second-order valence-corrected chi connectivity index (χ2v) is 16.2. The Morgan fingerprint density at radius 3 is 2.20 bits per heavy atom. The lowest BCUT2D eigenvalue weighted by Crippen LogP contribution is -2.56. The van der Waals surface area contributed by atoms with Gasteiger partial charge in [0.15, 0.2) is 0 Å². The van der Waals surface area contributed by atoms with E-state index in [9.17, 15) is 19.2 Å². The van der Waals surface area contributed by atoms with Gasteiger partial charge < -0.3 is 25.5 Å². The highest BCUT2D eigenvalue weighted by atomic mass is 32.1. The smallest absolute Gasteiger partial charge is 0.335 e. The predicted octanol–water partition coefficient (Wildman–Crippen LogP) is 6.63. The van der Waals surface area contributed by atoms with E-state index in [1.165, 1.54) is 23.5 Å². The Labute approximate surface area is 323 Å². The molecule has 288 valence electrons. The van der Waals surface area contributed by atoms with Crippen molar-refractivity contribution in [2.75, 3.05) is 44.4 Å². The number of likely N-dealkylation sites (tertiary alicyclic amines) is 1. The lowest BCUT2D eigenvalue weighted by molar-refractivity contribution is -0.137. The number of hydrogen-bond acceptors (Lipinski definition) is 7. The van der Waals surface area contributed by atoms with E-state index in [1.807, 2.05) is 37.2 Å². The highest BCUT2D eigenvalue weighted by Gasteiger charge is 2.42. The molecule has 1 aliphatic carbocycles. The fraction of sp³-hybridized carbons (Fsp3) is 0.381. The molecule has 0 saturated carbocycles. The number of hydrogen-bond donors (Lipinski definition) is 3. The Bertz CT molecular complexity index is 2080. The van der Waals surface area contributed by atoms with E-state index in [-0.39, 0.29) is 47.1 Å². The van der Waals surface area contributed by atoms with Gasteiger partial charge in [-0.05, 0) is 119 Å². The summed E-state index contributed by atoms with van der Waals surface area (Å²) in [6.45, 7) is 2.62. The number of aryl methyl sites for hydroxylation is 2. The molecule has 3 aromatic carbocycles. The first-order chi connectivity index (χ1) is 26.4. The summed E-state index contributed by atoms with van der Waals surface area (Å²) in [5.41, 5.74) is 3.30. The molecule has 13 heteroatoms. The van der Waals surface area contributed by atoms with Gasteiger partial charge in [-0.25, -0.2) is 13.6 Å². The molecule has 3 amide bonds. The van der Waals surface area contributed by atoms with Gasteiger partial charge in [-0.1, -0.05) is 24.3 Å². The predicted molar refractivity (Wildman–Crippen MR) is 208 cm³/mol. The Morgan fingerprint density at radius 2 is 1.53 bits per heavy atom. The van der Waals surface area contributed by atoms with Gasteiger partial charge in [0, 0.05) is 53.4 Å². The Hall–Kier alpha value is -4.98. The highest BCUT2D eigenvalue weighted by molar-refractivity contribution is 7.17. The maximum atomic E-state index is 15.3. The zero-order valence-corrected chi connectivity index (χ0v) is 31.8. The number of amides is 3. The van der Waals surface area contributed by atoms with E-state index < -0.39 is 23.5 Å². The number of anilines is 2. The highest BCUT2D eigenvalue weighted by Crippen LogP contribution is 2.39. The van der Waals surface area contributed by atoms with Crippen molar-refractivity contribution >= 4 is 45.7 Å². The molecule has 4 aromatic rings. The third-order valence-electron chi connectivity index (χ3n) is 10.8. The number of nitrogens with one attached hydrogen (secondary N) is 2. The van der Waals surface area contributed by atoms with Crippen molar-refractivity contribution in [3.8, 4) is 0 Å². The molecule has 55 heavy (non-hydrogen) atoms. The molecule has 2 unspecified atom stereocenters. The number of fused-ring (bicyclic) bond motifs is 3. The fourth-order valence-electron chi connectivity index (χ4n) is 8.21. The molecule has 3 N–H and O–H groups in total. The normalized spacial score (nSPS) is 17.9. The van der Waals surface area contributed by atoms with Crippen LogP contribution in [0.25, 0.3) is 0 Å². The maximum Gasteiger partial charge on any atom is 0.335 e. The molecule has 3 heterocycles. The third-order valence-corrected chi connectivity index (χ3v) is 12.0. The van der Waals surface area contributed by atoms with Crippen molar-refractivity contribution in [1.82, 2.24) is 14.7 Å². The summed E-state index contributed by atoms with van der Waals surface area (Å²) in [6.07, 6.45) is 5.61. The first-order valence-corrected chi connectivity index (χ1v) is 19.6. The van der Waals surface area contributed by atoms with Crippen molar-refractivity contribution in [2.45, 2.75) is 70.0 Å². The van der Waals surface area contributed by atoms with Crippen molar-refractivity contribution in [3.05, 3.63) is 116 Å². The molecule has 0 radical (unpaired) electrons. The number of thiophene rings is 1. The van der Waals surface area contributed by atoms with Crippen LogP contribution in [-0.2, 0) is 37.0 Å². The number of carbonyl (C=O) groups excluding carboxylic acids is 3. The summed E-state index contributed by atoms with van der Waals surface area (Å²) < 4.78 is 30.5. The number of carboxylic acids is 1. The second kappa shape index (κ2) is 16.4. The van der Waals surface area contributed by atoms with Crippen LogP contribution in [0.4, 0.5) is 19.5 Å². The first kappa shape index (κ1) is 38.3. The topological polar surface area (TPSA) is 122 Å². The van der Waals surface area contributed by atoms with Crippen LogP contribution in [0.1, 0.15) is 83.9 Å². The second-order valence-electron chi connectivity index (χ2n) is 15.1. The van der Waals surface area contributed by atoms with Gasteiger partial charge in [0.2, 0.25) is 5.91 Å². The number of nitrogens with zero attached hydrogens (tertiary/aromatic N) is 3. The largest absolute Gasteiger partial charge is 0.478 e. The quantitative estimate of drug-likeness (QED) is 0.148. The van der Waals surface area contributed by atoms with Crippen LogP contribution in [-0.4, -0.2) is 89.3 Å². The molecule has 2 aliphatic heterocycles. The number of carboxylic acid groups (broad SMARTS) is 1. The number of likely N-dealkylation sites (N-methyl/N-ethyl adjacent to an activating group) is 1. The number of benzene rings is 3. The number of rotatable bonds is 12. The molecule has 10 nitrogen and oxygen atoms in total. The van der Waals surface area contributed by atoms with Crippen LogP contribution in [0.2, 0.25) is 0 Å². The summed E-state index contributed by atoms with van der Waals surface area (Å²) in [5.74, 6) is -3.38. The number of piperazine rings is 1. The fourth-order valence-corrected chi connectivity index (χ4v) is 9.49. The van der Waals surface area contributed by atoms with Gasteiger partial charge in [0.25, 0.3) is 11.8 Å². The third kappa shape index (κ3) is 8.64. The molecule has 0 spiro atoms. The van der Waals surface area contributed by atoms with E-state index in [1.54, 1.807) is 18.2 Å². The van der Waals surface area contributed by atoms with Gasteiger partial charge >= 0.3 is 5.97 Å². The van der Waals surface area contributed by atoms with Crippen LogP contribution in [0.15, 0.2) is 60.7 Å². The van der Waals surface area contributed by atoms with Crippen LogP contribution in [0.3, 0.4) is 0 Å². The van der Waals surface area contributed by atoms with Crippen molar-refractivity contribution < 1.29 is 33.1 Å². The SMILES string of the molecule is CN(C)CC(=O)N1C2CCC1CN(Cc1cccc(C(=O)Nc3sc4c(c3C(=O)Nc3cc(F)c(CCc5ccc(C(=O)O)cc5)c(F)c3)CCCC4)c1)C2. The van der Waals surface area contributed by atoms with Crippen LogP contribution in [0.5, 0.6) is 0 Å². The lowest BCUT2D eigenvalue weighted by Gasteiger charge is -2.41. The van der Waals surface area contributed by atoms with E-state index in [0.29, 0.717) is 42.1 Å². The van der Waals surface area contributed by atoms with Crippen molar-refractivity contribution in [1.29, 1.82) is 0 Å². The molecule has 2 atom stereocenters. The minimum Gasteiger partial charge on any atom is -0.478 e.